The van der Waals surface area contributed by atoms with Crippen LogP contribution in [-0.4, -0.2) is 34.5 Å². The Bertz CT molecular complexity index is 1080. The van der Waals surface area contributed by atoms with Gasteiger partial charge in [-0.1, -0.05) is 105 Å². The molecule has 0 N–H and O–H groups in total. The van der Waals surface area contributed by atoms with Crippen molar-refractivity contribution in [1.29, 1.82) is 0 Å². The first kappa shape index (κ1) is 38.2. The third-order valence-electron chi connectivity index (χ3n) is 11.6. The van der Waals surface area contributed by atoms with Crippen molar-refractivity contribution in [3.63, 3.8) is 0 Å². The molecule has 0 radical (unpaired) electrons. The van der Waals surface area contributed by atoms with Gasteiger partial charge in [-0.25, -0.2) is 0 Å². The van der Waals surface area contributed by atoms with Crippen molar-refractivity contribution in [2.24, 2.45) is 58.4 Å². The molecule has 1 unspecified atom stereocenters. The van der Waals surface area contributed by atoms with Gasteiger partial charge < -0.3 is 22.4 Å². The second-order valence-electron chi connectivity index (χ2n) is 16.4. The monoisotopic (exact) mass is 671 g/mol. The molecule has 1 aromatic carbocycles. The summed E-state index contributed by atoms with van der Waals surface area (Å²) in [6, 6.07) is 7.60. The molecular formula is C38H65N3O5Si. The van der Waals surface area contributed by atoms with Crippen LogP contribution in [0.5, 0.6) is 5.75 Å². The van der Waals surface area contributed by atoms with Crippen LogP contribution >= 0.6 is 0 Å². The van der Waals surface area contributed by atoms with E-state index in [-0.39, 0.29) is 18.3 Å². The molecule has 47 heavy (non-hydrogen) atoms. The van der Waals surface area contributed by atoms with Gasteiger partial charge in [0.15, 0.2) is 6.23 Å². The Labute approximate surface area is 287 Å². The minimum atomic E-state index is -4.05. The first-order valence-electron chi connectivity index (χ1n) is 18.7. The zero-order valence-electron chi connectivity index (χ0n) is 31.1. The van der Waals surface area contributed by atoms with Crippen molar-refractivity contribution in [2.45, 2.75) is 145 Å². The summed E-state index contributed by atoms with van der Waals surface area (Å²) < 4.78 is 35.4. The number of azide groups is 1. The lowest BCUT2D eigenvalue weighted by molar-refractivity contribution is -0.152. The zero-order chi connectivity index (χ0) is 34.3. The molecule has 10 atom stereocenters. The highest BCUT2D eigenvalue weighted by molar-refractivity contribution is 6.53. The lowest BCUT2D eigenvalue weighted by Crippen LogP contribution is -2.60. The van der Waals surface area contributed by atoms with Crippen LogP contribution < -0.4 is 4.74 Å². The van der Waals surface area contributed by atoms with Gasteiger partial charge in [0, 0.05) is 10.5 Å². The number of para-hydroxylation sites is 1. The van der Waals surface area contributed by atoms with Crippen molar-refractivity contribution in [1.82, 2.24) is 0 Å². The van der Waals surface area contributed by atoms with E-state index in [0.717, 1.165) is 38.5 Å². The first-order valence-corrected chi connectivity index (χ1v) is 20.4. The van der Waals surface area contributed by atoms with Crippen LogP contribution in [0.1, 0.15) is 132 Å². The van der Waals surface area contributed by atoms with Crippen LogP contribution in [0, 0.1) is 53.3 Å². The van der Waals surface area contributed by atoms with Crippen LogP contribution in [0.15, 0.2) is 29.4 Å². The Morgan fingerprint density at radius 2 is 1.09 bits per heavy atom. The number of hydrogen-bond donors (Lipinski definition) is 0. The highest BCUT2D eigenvalue weighted by Crippen LogP contribution is 2.45. The van der Waals surface area contributed by atoms with Crippen LogP contribution in [0.25, 0.3) is 10.4 Å². The molecule has 3 aliphatic rings. The molecule has 4 rings (SSSR count). The fraction of sp³-hybridized carbons (Fsp3) is 0.842. The van der Waals surface area contributed by atoms with Gasteiger partial charge in [0.1, 0.15) is 5.75 Å². The number of ether oxygens (including phenoxy) is 1. The number of rotatable bonds is 14. The van der Waals surface area contributed by atoms with Crippen LogP contribution in [0.2, 0.25) is 0 Å². The fourth-order valence-corrected chi connectivity index (χ4v) is 11.4. The third kappa shape index (κ3) is 9.98. The molecule has 0 spiro atoms. The maximum atomic E-state index is 9.90. The standard InChI is InChI=1S/C38H65N3O5Si/c1-24(2)30-18-15-27(7)21-35(30)43-47(44-36-22-28(8)16-19-31(36)25(3)4,45-37-23-29(9)17-20-32(37)26(5)6)46-38(40-41-39)33-13-11-12-14-34(33)42-10/h11-14,24-32,35-38H,15-23H2,1-10H3/t27-,28-,29-,30+,31+,32+,35-,36-,37-,38?/m1/s1. The summed E-state index contributed by atoms with van der Waals surface area (Å²) >= 11 is 0. The van der Waals surface area contributed by atoms with Gasteiger partial charge in [-0.3, -0.25) is 0 Å². The molecular weight excluding hydrogens is 607 g/mol. The number of nitrogens with zero attached hydrogens (tertiary/aromatic N) is 3. The topological polar surface area (TPSA) is 94.9 Å². The van der Waals surface area contributed by atoms with E-state index in [2.05, 4.69) is 72.3 Å². The summed E-state index contributed by atoms with van der Waals surface area (Å²) in [6.07, 6.45) is 8.39. The van der Waals surface area contributed by atoms with Crippen molar-refractivity contribution in [3.8, 4) is 5.75 Å². The van der Waals surface area contributed by atoms with Gasteiger partial charge in [-0.15, -0.1) is 0 Å². The van der Waals surface area contributed by atoms with Crippen LogP contribution in [-0.2, 0) is 17.7 Å². The smallest absolute Gasteiger partial charge is 0.496 e. The number of hydrogen-bond acceptors (Lipinski definition) is 6. The summed E-state index contributed by atoms with van der Waals surface area (Å²) in [5.41, 5.74) is 10.5. The van der Waals surface area contributed by atoms with Crippen molar-refractivity contribution < 1.29 is 22.4 Å². The molecule has 0 heterocycles. The maximum absolute atomic E-state index is 9.90. The molecule has 3 saturated carbocycles. The molecule has 1 aromatic rings. The van der Waals surface area contributed by atoms with E-state index in [1.807, 2.05) is 24.3 Å². The van der Waals surface area contributed by atoms with Crippen molar-refractivity contribution >= 4 is 9.05 Å². The van der Waals surface area contributed by atoms with E-state index in [9.17, 15) is 5.53 Å². The quantitative estimate of drug-likeness (QED) is 0.0849. The van der Waals surface area contributed by atoms with Crippen LogP contribution in [0.3, 0.4) is 0 Å². The van der Waals surface area contributed by atoms with Gasteiger partial charge in [-0.05, 0) is 103 Å². The van der Waals surface area contributed by atoms with E-state index in [0.29, 0.717) is 64.6 Å². The normalized spacial score (nSPS) is 32.7. The Balaban J connectivity index is 1.89. The highest BCUT2D eigenvalue weighted by Gasteiger charge is 2.57. The van der Waals surface area contributed by atoms with E-state index < -0.39 is 15.3 Å². The average molecular weight is 672 g/mol. The van der Waals surface area contributed by atoms with Gasteiger partial charge in [0.25, 0.3) is 0 Å². The van der Waals surface area contributed by atoms with E-state index >= 15 is 0 Å². The van der Waals surface area contributed by atoms with E-state index in [1.54, 1.807) is 7.11 Å². The second-order valence-corrected chi connectivity index (χ2v) is 18.3. The zero-order valence-corrected chi connectivity index (χ0v) is 32.1. The molecule has 3 fully saturated rings. The number of benzene rings is 1. The fourth-order valence-electron chi connectivity index (χ4n) is 8.68. The summed E-state index contributed by atoms with van der Waals surface area (Å²) in [5.74, 6) is 4.57. The highest BCUT2D eigenvalue weighted by atomic mass is 28.4. The Morgan fingerprint density at radius 3 is 1.45 bits per heavy atom. The summed E-state index contributed by atoms with van der Waals surface area (Å²) in [4.78, 5) is 3.28. The lowest BCUT2D eigenvalue weighted by atomic mass is 9.75. The maximum Gasteiger partial charge on any atom is 0.681 e. The van der Waals surface area contributed by atoms with Crippen molar-refractivity contribution in [2.75, 3.05) is 7.11 Å². The Hall–Kier alpha value is -1.61. The van der Waals surface area contributed by atoms with E-state index in [4.69, 9.17) is 22.4 Å². The SMILES string of the molecule is COc1ccccc1C(N=[N+]=[N-])O[Si](O[C@@H]1C[C@H](C)CC[C@H]1C(C)C)(O[C@@H]1C[C@H](C)CC[C@H]1C(C)C)O[C@@H]1C[C@H](C)CC[C@H]1C(C)C. The Morgan fingerprint density at radius 1 is 0.681 bits per heavy atom. The van der Waals surface area contributed by atoms with Gasteiger partial charge in [-0.2, -0.15) is 0 Å². The van der Waals surface area contributed by atoms with E-state index in [1.165, 1.54) is 19.3 Å². The molecule has 0 saturated heterocycles. The molecule has 0 amide bonds. The molecule has 266 valence electrons. The molecule has 0 aliphatic heterocycles. The molecule has 0 aromatic heterocycles. The first-order chi connectivity index (χ1) is 22.4. The minimum absolute atomic E-state index is 0.0770. The summed E-state index contributed by atoms with van der Waals surface area (Å²) in [7, 11) is -2.42. The molecule has 8 nitrogen and oxygen atoms in total. The average Bonchev–Trinajstić information content (AvgIpc) is 3.00. The van der Waals surface area contributed by atoms with Crippen molar-refractivity contribution in [3.05, 3.63) is 40.3 Å². The Kier molecular flexibility index (Phi) is 14.1. The van der Waals surface area contributed by atoms with Crippen LogP contribution in [0.4, 0.5) is 0 Å². The summed E-state index contributed by atoms with van der Waals surface area (Å²) in [6.45, 7) is 20.8. The molecule has 3 aliphatic carbocycles. The predicted molar refractivity (Wildman–Crippen MR) is 190 cm³/mol. The third-order valence-corrected chi connectivity index (χ3v) is 13.9. The largest absolute Gasteiger partial charge is 0.681 e. The second kappa shape index (κ2) is 17.4. The lowest BCUT2D eigenvalue weighted by Gasteiger charge is -2.47. The minimum Gasteiger partial charge on any atom is -0.496 e. The summed E-state index contributed by atoms with van der Waals surface area (Å²) in [5, 5.41) is 4.25. The molecule has 0 bridgehead atoms. The number of methoxy groups -OCH3 is 1. The van der Waals surface area contributed by atoms with Gasteiger partial charge in [0.2, 0.25) is 0 Å². The molecule has 9 heteroatoms. The van der Waals surface area contributed by atoms with Gasteiger partial charge >= 0.3 is 9.05 Å². The predicted octanol–water partition coefficient (Wildman–Crippen LogP) is 10.9. The van der Waals surface area contributed by atoms with Gasteiger partial charge in [0.05, 0.1) is 25.4 Å².